The van der Waals surface area contributed by atoms with E-state index in [2.05, 4.69) is 24.3 Å². The van der Waals surface area contributed by atoms with Crippen molar-refractivity contribution in [2.75, 3.05) is 24.5 Å². The molecule has 0 spiro atoms. The maximum Gasteiger partial charge on any atom is 0.272 e. The Morgan fingerprint density at radius 3 is 2.16 bits per heavy atom. The minimum atomic E-state index is -0.153. The second kappa shape index (κ2) is 8.17. The zero-order chi connectivity index (χ0) is 21.4. The van der Waals surface area contributed by atoms with E-state index in [1.807, 2.05) is 12.1 Å². The fraction of sp³-hybridized carbons (Fsp3) is 0.400. The average Bonchev–Trinajstić information content (AvgIpc) is 3.52. The van der Waals surface area contributed by atoms with Crippen LogP contribution in [-0.4, -0.2) is 47.4 Å². The number of rotatable bonds is 4. The Hall–Kier alpha value is -3.15. The summed E-state index contributed by atoms with van der Waals surface area (Å²) in [6, 6.07) is 15.6. The van der Waals surface area contributed by atoms with E-state index in [1.165, 1.54) is 11.1 Å². The number of anilines is 1. The summed E-state index contributed by atoms with van der Waals surface area (Å²) >= 11 is 0. The molecule has 31 heavy (non-hydrogen) atoms. The van der Waals surface area contributed by atoms with Gasteiger partial charge in [0, 0.05) is 43.7 Å². The lowest BCUT2D eigenvalue weighted by Gasteiger charge is -2.29. The molecular weight excluding hydrogens is 390 g/mol. The summed E-state index contributed by atoms with van der Waals surface area (Å²) < 4.78 is 0. The smallest absolute Gasteiger partial charge is 0.272 e. The Morgan fingerprint density at radius 2 is 1.52 bits per heavy atom. The molecule has 2 heterocycles. The Bertz CT molecular complexity index is 992. The summed E-state index contributed by atoms with van der Waals surface area (Å²) in [5.74, 6) is 0.312. The third kappa shape index (κ3) is 3.82. The number of hydrazine groups is 1. The minimum absolute atomic E-state index is 0.0305. The molecule has 5 rings (SSSR count). The number of fused-ring (bicyclic) bond motifs is 1. The van der Waals surface area contributed by atoms with Gasteiger partial charge >= 0.3 is 0 Å². The molecule has 6 nitrogen and oxygen atoms in total. The fourth-order valence-electron chi connectivity index (χ4n) is 5.08. The molecule has 0 saturated carbocycles. The van der Waals surface area contributed by atoms with Crippen LogP contribution >= 0.6 is 0 Å². The van der Waals surface area contributed by atoms with Crippen molar-refractivity contribution in [2.24, 2.45) is 5.92 Å². The first-order valence-corrected chi connectivity index (χ1v) is 11.2. The highest BCUT2D eigenvalue weighted by Crippen LogP contribution is 2.30. The average molecular weight is 418 g/mol. The molecule has 0 N–H and O–H groups in total. The van der Waals surface area contributed by atoms with Gasteiger partial charge in [0.1, 0.15) is 0 Å². The number of amides is 3. The summed E-state index contributed by atoms with van der Waals surface area (Å²) in [5.41, 5.74) is 4.05. The summed E-state index contributed by atoms with van der Waals surface area (Å²) in [6.45, 7) is 1.87. The van der Waals surface area contributed by atoms with Gasteiger partial charge in [-0.3, -0.25) is 19.4 Å². The van der Waals surface area contributed by atoms with Crippen molar-refractivity contribution in [1.82, 2.24) is 10.0 Å². The largest absolute Gasteiger partial charge is 0.312 e. The molecule has 2 saturated heterocycles. The van der Waals surface area contributed by atoms with Crippen molar-refractivity contribution in [3.05, 3.63) is 65.2 Å². The topological polar surface area (TPSA) is 60.9 Å². The van der Waals surface area contributed by atoms with Gasteiger partial charge < -0.3 is 4.90 Å². The van der Waals surface area contributed by atoms with E-state index in [4.69, 9.17) is 0 Å². The van der Waals surface area contributed by atoms with E-state index in [9.17, 15) is 14.4 Å². The molecule has 0 radical (unpaired) electrons. The van der Waals surface area contributed by atoms with E-state index in [1.54, 1.807) is 27.1 Å². The van der Waals surface area contributed by atoms with Crippen molar-refractivity contribution < 1.29 is 14.4 Å². The van der Waals surface area contributed by atoms with E-state index in [-0.39, 0.29) is 17.7 Å². The van der Waals surface area contributed by atoms with Gasteiger partial charge in [0.15, 0.2) is 0 Å². The molecule has 2 aliphatic heterocycles. The van der Waals surface area contributed by atoms with E-state index in [0.717, 1.165) is 37.9 Å². The van der Waals surface area contributed by atoms with Crippen molar-refractivity contribution in [3.8, 4) is 0 Å². The second-order valence-electron chi connectivity index (χ2n) is 8.74. The van der Waals surface area contributed by atoms with Gasteiger partial charge in [0.05, 0.1) is 0 Å². The zero-order valence-electron chi connectivity index (χ0n) is 17.6. The number of nitrogens with zero attached hydrogens (tertiary/aromatic N) is 3. The van der Waals surface area contributed by atoms with Crippen LogP contribution in [-0.2, 0) is 22.4 Å². The molecule has 0 atom stereocenters. The molecule has 6 heteroatoms. The summed E-state index contributed by atoms with van der Waals surface area (Å²) in [5, 5.41) is 3.24. The van der Waals surface area contributed by atoms with Crippen LogP contribution in [0.4, 0.5) is 5.69 Å². The van der Waals surface area contributed by atoms with Crippen molar-refractivity contribution >= 4 is 23.4 Å². The molecule has 0 aromatic heterocycles. The van der Waals surface area contributed by atoms with E-state index in [0.29, 0.717) is 37.4 Å². The van der Waals surface area contributed by atoms with Gasteiger partial charge in [-0.1, -0.05) is 24.3 Å². The van der Waals surface area contributed by atoms with Gasteiger partial charge in [-0.05, 0) is 67.0 Å². The Morgan fingerprint density at radius 1 is 0.839 bits per heavy atom. The maximum absolute atomic E-state index is 13.1. The predicted molar refractivity (Wildman–Crippen MR) is 117 cm³/mol. The molecule has 2 fully saturated rings. The minimum Gasteiger partial charge on any atom is -0.312 e. The van der Waals surface area contributed by atoms with E-state index < -0.39 is 0 Å². The Labute approximate surface area is 182 Å². The third-order valence-corrected chi connectivity index (χ3v) is 6.65. The highest BCUT2D eigenvalue weighted by Gasteiger charge is 2.33. The Balaban J connectivity index is 1.24. The molecule has 1 aliphatic carbocycles. The molecule has 3 aliphatic rings. The molecule has 2 aromatic rings. The highest BCUT2D eigenvalue weighted by atomic mass is 16.2. The summed E-state index contributed by atoms with van der Waals surface area (Å²) in [4.78, 5) is 39.9. The SMILES string of the molecule is O=C1CCCN1c1ccc(C(=O)N2CCCN2C(=O)CC2Cc3ccccc3C2)cc1. The molecular formula is C25H27N3O3. The second-order valence-corrected chi connectivity index (χ2v) is 8.74. The van der Waals surface area contributed by atoms with Crippen LogP contribution in [0.2, 0.25) is 0 Å². The normalized spacial score (nSPS) is 18.7. The van der Waals surface area contributed by atoms with Crippen LogP contribution in [0.25, 0.3) is 0 Å². The van der Waals surface area contributed by atoms with E-state index >= 15 is 0 Å². The fourth-order valence-corrected chi connectivity index (χ4v) is 5.08. The predicted octanol–water partition coefficient (Wildman–Crippen LogP) is 3.21. The summed E-state index contributed by atoms with van der Waals surface area (Å²) in [6.07, 6.45) is 4.58. The van der Waals surface area contributed by atoms with Gasteiger partial charge in [0.25, 0.3) is 5.91 Å². The quantitative estimate of drug-likeness (QED) is 0.768. The number of carbonyl (C=O) groups excluding carboxylic acids is 3. The Kier molecular flexibility index (Phi) is 5.22. The number of hydrogen-bond donors (Lipinski definition) is 0. The number of benzene rings is 2. The van der Waals surface area contributed by atoms with Crippen molar-refractivity contribution in [3.63, 3.8) is 0 Å². The zero-order valence-corrected chi connectivity index (χ0v) is 17.6. The highest BCUT2D eigenvalue weighted by molar-refractivity contribution is 5.98. The van der Waals surface area contributed by atoms with Crippen LogP contribution in [0.1, 0.15) is 47.2 Å². The first-order chi connectivity index (χ1) is 15.1. The monoisotopic (exact) mass is 417 g/mol. The van der Waals surface area contributed by atoms with Gasteiger partial charge in [-0.15, -0.1) is 0 Å². The van der Waals surface area contributed by atoms with Gasteiger partial charge in [-0.25, -0.2) is 5.01 Å². The van der Waals surface area contributed by atoms with Crippen LogP contribution in [0.3, 0.4) is 0 Å². The first kappa shape index (κ1) is 19.8. The lowest BCUT2D eigenvalue weighted by atomic mass is 10.0. The standard InChI is InChI=1S/C25H27N3O3/c29-23-7-3-12-26(23)22-10-8-19(9-11-22)25(31)28-14-4-13-27(28)24(30)17-18-15-20-5-1-2-6-21(20)16-18/h1-2,5-6,8-11,18H,3-4,7,12-17H2. The van der Waals surface area contributed by atoms with Crippen LogP contribution in [0, 0.1) is 5.92 Å². The van der Waals surface area contributed by atoms with Crippen LogP contribution in [0.5, 0.6) is 0 Å². The van der Waals surface area contributed by atoms with Gasteiger partial charge in [-0.2, -0.15) is 0 Å². The lowest BCUT2D eigenvalue weighted by molar-refractivity contribution is -0.141. The van der Waals surface area contributed by atoms with Gasteiger partial charge in [0.2, 0.25) is 11.8 Å². The molecule has 3 amide bonds. The van der Waals surface area contributed by atoms with Crippen molar-refractivity contribution in [1.29, 1.82) is 0 Å². The molecule has 2 aromatic carbocycles. The molecule has 0 unspecified atom stereocenters. The first-order valence-electron chi connectivity index (χ1n) is 11.2. The molecule has 0 bridgehead atoms. The number of hydrogen-bond acceptors (Lipinski definition) is 3. The van der Waals surface area contributed by atoms with Crippen molar-refractivity contribution in [2.45, 2.75) is 38.5 Å². The third-order valence-electron chi connectivity index (χ3n) is 6.65. The number of carbonyl (C=O) groups is 3. The summed E-state index contributed by atoms with van der Waals surface area (Å²) in [7, 11) is 0. The maximum atomic E-state index is 13.1. The molecule has 160 valence electrons. The van der Waals surface area contributed by atoms with Crippen LogP contribution in [0.15, 0.2) is 48.5 Å². The van der Waals surface area contributed by atoms with Crippen LogP contribution < -0.4 is 4.90 Å². The lowest BCUT2D eigenvalue weighted by Crippen LogP contribution is -2.45.